The standard InChI is InChI=1S/C15H17N3OS/c1-10-6-3-4-9-12(10)13-16-17-15(20-13)18(2)14(19)11-7-5-8-11/h3-4,6,9,11H,5,7-8H2,1-2H3. The van der Waals surface area contributed by atoms with Gasteiger partial charge >= 0.3 is 0 Å². The maximum atomic E-state index is 12.2. The monoisotopic (exact) mass is 287 g/mol. The molecule has 1 saturated carbocycles. The molecule has 0 atom stereocenters. The van der Waals surface area contributed by atoms with Crippen molar-refractivity contribution in [2.75, 3.05) is 11.9 Å². The van der Waals surface area contributed by atoms with E-state index in [1.54, 1.807) is 11.9 Å². The number of carbonyl (C=O) groups is 1. The van der Waals surface area contributed by atoms with Crippen molar-refractivity contribution in [3.05, 3.63) is 29.8 Å². The second kappa shape index (κ2) is 5.32. The third kappa shape index (κ3) is 2.33. The Labute approximate surface area is 122 Å². The SMILES string of the molecule is Cc1ccccc1-c1nnc(N(C)C(=O)C2CCC2)s1. The first-order valence-electron chi connectivity index (χ1n) is 6.84. The molecule has 0 aliphatic heterocycles. The molecule has 1 aliphatic carbocycles. The molecule has 0 unspecified atom stereocenters. The Morgan fingerprint density at radius 2 is 2.05 bits per heavy atom. The summed E-state index contributed by atoms with van der Waals surface area (Å²) in [5.74, 6) is 0.356. The minimum Gasteiger partial charge on any atom is -0.290 e. The van der Waals surface area contributed by atoms with E-state index in [4.69, 9.17) is 0 Å². The Bertz CT molecular complexity index is 634. The third-order valence-corrected chi connectivity index (χ3v) is 4.89. The van der Waals surface area contributed by atoms with Crippen molar-refractivity contribution in [2.45, 2.75) is 26.2 Å². The van der Waals surface area contributed by atoms with Gasteiger partial charge in [0.25, 0.3) is 0 Å². The van der Waals surface area contributed by atoms with Gasteiger partial charge < -0.3 is 0 Å². The van der Waals surface area contributed by atoms with Gasteiger partial charge in [-0.3, -0.25) is 9.69 Å². The van der Waals surface area contributed by atoms with E-state index in [0.29, 0.717) is 5.13 Å². The number of benzene rings is 1. The Morgan fingerprint density at radius 3 is 2.70 bits per heavy atom. The Kier molecular flexibility index (Phi) is 3.53. The van der Waals surface area contributed by atoms with Crippen LogP contribution >= 0.6 is 11.3 Å². The summed E-state index contributed by atoms with van der Waals surface area (Å²) in [7, 11) is 1.79. The van der Waals surface area contributed by atoms with Crippen LogP contribution in [0.5, 0.6) is 0 Å². The van der Waals surface area contributed by atoms with E-state index in [1.807, 2.05) is 18.2 Å². The molecule has 1 heterocycles. The highest BCUT2D eigenvalue weighted by Crippen LogP contribution is 2.33. The van der Waals surface area contributed by atoms with Crippen molar-refractivity contribution in [1.82, 2.24) is 10.2 Å². The predicted octanol–water partition coefficient (Wildman–Crippen LogP) is 3.28. The molecule has 1 aromatic heterocycles. The van der Waals surface area contributed by atoms with E-state index >= 15 is 0 Å². The molecule has 1 aliphatic rings. The van der Waals surface area contributed by atoms with Crippen LogP contribution in [0.4, 0.5) is 5.13 Å². The lowest BCUT2D eigenvalue weighted by atomic mass is 9.84. The molecule has 1 aromatic carbocycles. The number of rotatable bonds is 3. The van der Waals surface area contributed by atoms with Gasteiger partial charge in [0.2, 0.25) is 11.0 Å². The van der Waals surface area contributed by atoms with Crippen LogP contribution in [0, 0.1) is 12.8 Å². The molecule has 0 N–H and O–H groups in total. The number of aryl methyl sites for hydroxylation is 1. The van der Waals surface area contributed by atoms with E-state index in [2.05, 4.69) is 23.2 Å². The van der Waals surface area contributed by atoms with Crippen LogP contribution in [0.15, 0.2) is 24.3 Å². The molecule has 0 bridgehead atoms. The van der Waals surface area contributed by atoms with E-state index < -0.39 is 0 Å². The number of hydrogen-bond acceptors (Lipinski definition) is 4. The number of hydrogen-bond donors (Lipinski definition) is 0. The second-order valence-corrected chi connectivity index (χ2v) is 6.19. The van der Waals surface area contributed by atoms with Crippen LogP contribution in [0.3, 0.4) is 0 Å². The molecule has 0 saturated heterocycles. The summed E-state index contributed by atoms with van der Waals surface area (Å²) in [6.45, 7) is 2.06. The largest absolute Gasteiger partial charge is 0.290 e. The zero-order valence-electron chi connectivity index (χ0n) is 11.7. The van der Waals surface area contributed by atoms with Gasteiger partial charge in [-0.05, 0) is 25.3 Å². The minimum atomic E-state index is 0.170. The summed E-state index contributed by atoms with van der Waals surface area (Å²) >= 11 is 1.47. The van der Waals surface area contributed by atoms with Gasteiger partial charge in [-0.1, -0.05) is 42.0 Å². The van der Waals surface area contributed by atoms with Gasteiger partial charge in [0.1, 0.15) is 5.01 Å². The van der Waals surface area contributed by atoms with E-state index in [1.165, 1.54) is 16.9 Å². The smallest absolute Gasteiger partial charge is 0.231 e. The first-order valence-corrected chi connectivity index (χ1v) is 7.65. The van der Waals surface area contributed by atoms with Crippen molar-refractivity contribution in [3.63, 3.8) is 0 Å². The summed E-state index contributed by atoms with van der Waals surface area (Å²) in [4.78, 5) is 13.9. The van der Waals surface area contributed by atoms with Crippen molar-refractivity contribution < 1.29 is 4.79 Å². The Hall–Kier alpha value is -1.75. The number of aromatic nitrogens is 2. The van der Waals surface area contributed by atoms with Crippen LogP contribution in [0.25, 0.3) is 10.6 Å². The summed E-state index contributed by atoms with van der Waals surface area (Å²) < 4.78 is 0. The van der Waals surface area contributed by atoms with Gasteiger partial charge in [-0.15, -0.1) is 10.2 Å². The lowest BCUT2D eigenvalue weighted by molar-refractivity contribution is -0.124. The van der Waals surface area contributed by atoms with E-state index in [-0.39, 0.29) is 11.8 Å². The highest BCUT2D eigenvalue weighted by Gasteiger charge is 2.29. The van der Waals surface area contributed by atoms with Crippen LogP contribution in [0.1, 0.15) is 24.8 Å². The molecule has 5 heteroatoms. The maximum absolute atomic E-state index is 12.2. The molecule has 1 amide bonds. The molecule has 0 radical (unpaired) electrons. The number of nitrogens with zero attached hydrogens (tertiary/aromatic N) is 3. The fourth-order valence-electron chi connectivity index (χ4n) is 2.30. The predicted molar refractivity (Wildman–Crippen MR) is 80.8 cm³/mol. The topological polar surface area (TPSA) is 46.1 Å². The Morgan fingerprint density at radius 1 is 1.30 bits per heavy atom. The van der Waals surface area contributed by atoms with Gasteiger partial charge in [0.05, 0.1) is 0 Å². The number of carbonyl (C=O) groups excluding carboxylic acids is 1. The van der Waals surface area contributed by atoms with Crippen molar-refractivity contribution in [1.29, 1.82) is 0 Å². The van der Waals surface area contributed by atoms with Gasteiger partial charge in [0, 0.05) is 18.5 Å². The Balaban J connectivity index is 1.83. The summed E-state index contributed by atoms with van der Waals surface area (Å²) in [5.41, 5.74) is 2.25. The van der Waals surface area contributed by atoms with E-state index in [0.717, 1.165) is 29.8 Å². The first-order chi connectivity index (χ1) is 9.66. The third-order valence-electron chi connectivity index (χ3n) is 3.86. The zero-order chi connectivity index (χ0) is 14.1. The molecule has 0 spiro atoms. The van der Waals surface area contributed by atoms with Gasteiger partial charge in [-0.2, -0.15) is 0 Å². The van der Waals surface area contributed by atoms with Crippen molar-refractivity contribution in [3.8, 4) is 10.6 Å². The molecule has 2 aromatic rings. The normalized spacial score (nSPS) is 14.9. The zero-order valence-corrected chi connectivity index (χ0v) is 12.5. The van der Waals surface area contributed by atoms with Crippen LogP contribution in [-0.4, -0.2) is 23.2 Å². The van der Waals surface area contributed by atoms with Crippen molar-refractivity contribution >= 4 is 22.4 Å². The lowest BCUT2D eigenvalue weighted by Gasteiger charge is -2.27. The molecule has 1 fully saturated rings. The highest BCUT2D eigenvalue weighted by molar-refractivity contribution is 7.18. The average molecular weight is 287 g/mol. The molecule has 3 rings (SSSR count). The molecule has 4 nitrogen and oxygen atoms in total. The fraction of sp³-hybridized carbons (Fsp3) is 0.400. The van der Waals surface area contributed by atoms with E-state index in [9.17, 15) is 4.79 Å². The quantitative estimate of drug-likeness (QED) is 0.870. The molecule has 20 heavy (non-hydrogen) atoms. The molecular formula is C15H17N3OS. The van der Waals surface area contributed by atoms with Gasteiger partial charge in [0.15, 0.2) is 0 Å². The average Bonchev–Trinajstić information content (AvgIpc) is 2.85. The highest BCUT2D eigenvalue weighted by atomic mass is 32.1. The summed E-state index contributed by atoms with van der Waals surface area (Å²) in [6.07, 6.45) is 3.17. The van der Waals surface area contributed by atoms with Crippen LogP contribution < -0.4 is 4.90 Å². The molecule has 104 valence electrons. The van der Waals surface area contributed by atoms with Crippen LogP contribution in [-0.2, 0) is 4.79 Å². The fourth-order valence-corrected chi connectivity index (χ4v) is 3.20. The van der Waals surface area contributed by atoms with Gasteiger partial charge in [-0.25, -0.2) is 0 Å². The lowest BCUT2D eigenvalue weighted by Crippen LogP contribution is -2.36. The summed E-state index contributed by atoms with van der Waals surface area (Å²) in [6, 6.07) is 8.09. The number of amides is 1. The molecular weight excluding hydrogens is 270 g/mol. The maximum Gasteiger partial charge on any atom is 0.231 e. The number of anilines is 1. The summed E-state index contributed by atoms with van der Waals surface area (Å²) in [5, 5.41) is 9.95. The minimum absolute atomic E-state index is 0.170. The first kappa shape index (κ1) is 13.2. The second-order valence-electron chi connectivity index (χ2n) is 5.23. The van der Waals surface area contributed by atoms with Crippen molar-refractivity contribution in [2.24, 2.45) is 5.92 Å². The van der Waals surface area contributed by atoms with Crippen LogP contribution in [0.2, 0.25) is 0 Å².